The van der Waals surface area contributed by atoms with Crippen LogP contribution >= 0.6 is 0 Å². The summed E-state index contributed by atoms with van der Waals surface area (Å²) in [7, 11) is 2.13. The fourth-order valence-electron chi connectivity index (χ4n) is 2.62. The topological polar surface area (TPSA) is 61.8 Å². The second kappa shape index (κ2) is 5.61. The van der Waals surface area contributed by atoms with E-state index in [1.807, 2.05) is 0 Å². The first-order valence-corrected chi connectivity index (χ1v) is 6.73. The van der Waals surface area contributed by atoms with Gasteiger partial charge >= 0.3 is 0 Å². The molecule has 1 aromatic carbocycles. The van der Waals surface area contributed by atoms with Gasteiger partial charge in [0.25, 0.3) is 0 Å². The van der Waals surface area contributed by atoms with Gasteiger partial charge in [-0.3, -0.25) is 0 Å². The van der Waals surface area contributed by atoms with E-state index in [-0.39, 0.29) is 5.41 Å². The molecular formula is C15H23N3O. The first-order valence-electron chi connectivity index (χ1n) is 6.73. The van der Waals surface area contributed by atoms with Gasteiger partial charge in [-0.25, -0.2) is 0 Å². The Hall–Kier alpha value is -1.55. The van der Waals surface area contributed by atoms with Crippen molar-refractivity contribution in [1.29, 1.82) is 0 Å². The smallest absolute Gasteiger partial charge is 0.139 e. The predicted molar refractivity (Wildman–Crippen MR) is 77.2 cm³/mol. The van der Waals surface area contributed by atoms with Crippen molar-refractivity contribution in [2.45, 2.75) is 32.7 Å². The minimum Gasteiger partial charge on any atom is -0.409 e. The van der Waals surface area contributed by atoms with Crippen molar-refractivity contribution in [2.75, 3.05) is 13.6 Å². The van der Waals surface area contributed by atoms with E-state index in [2.05, 4.69) is 48.3 Å². The van der Waals surface area contributed by atoms with Gasteiger partial charge in [0.05, 0.1) is 0 Å². The Morgan fingerprint density at radius 3 is 2.53 bits per heavy atom. The third-order valence-corrected chi connectivity index (χ3v) is 3.82. The zero-order valence-electron chi connectivity index (χ0n) is 11.8. The zero-order valence-corrected chi connectivity index (χ0v) is 11.8. The van der Waals surface area contributed by atoms with Gasteiger partial charge in [-0.2, -0.15) is 0 Å². The Labute approximate surface area is 114 Å². The van der Waals surface area contributed by atoms with Crippen molar-refractivity contribution < 1.29 is 5.21 Å². The van der Waals surface area contributed by atoms with Gasteiger partial charge < -0.3 is 15.8 Å². The van der Waals surface area contributed by atoms with E-state index < -0.39 is 0 Å². The summed E-state index contributed by atoms with van der Waals surface area (Å²) < 4.78 is 0. The molecule has 4 nitrogen and oxygen atoms in total. The van der Waals surface area contributed by atoms with Crippen LogP contribution < -0.4 is 5.73 Å². The van der Waals surface area contributed by atoms with Gasteiger partial charge in [-0.1, -0.05) is 35.0 Å². The summed E-state index contributed by atoms with van der Waals surface area (Å²) in [5.74, 6) is 0.348. The lowest BCUT2D eigenvalue weighted by Gasteiger charge is -2.23. The highest BCUT2D eigenvalue weighted by atomic mass is 16.4. The van der Waals surface area contributed by atoms with E-state index in [1.165, 1.54) is 24.0 Å². The molecule has 0 radical (unpaired) electrons. The maximum absolute atomic E-state index is 8.67. The van der Waals surface area contributed by atoms with Gasteiger partial charge in [-0.15, -0.1) is 0 Å². The number of rotatable bonds is 6. The van der Waals surface area contributed by atoms with Gasteiger partial charge in [0.2, 0.25) is 0 Å². The minimum atomic E-state index is 0.232. The fraction of sp³-hybridized carbons (Fsp3) is 0.533. The average molecular weight is 261 g/mol. The molecule has 3 N–H and O–H groups in total. The molecule has 19 heavy (non-hydrogen) atoms. The summed E-state index contributed by atoms with van der Waals surface area (Å²) >= 11 is 0. The van der Waals surface area contributed by atoms with Crippen molar-refractivity contribution in [3.05, 3.63) is 35.4 Å². The number of amidine groups is 1. The van der Waals surface area contributed by atoms with Crippen molar-refractivity contribution in [1.82, 2.24) is 4.90 Å². The summed E-state index contributed by atoms with van der Waals surface area (Å²) in [4.78, 5) is 2.32. The SMILES string of the molecule is Cc1ccc(CN(C)CC2(CC(N)=NO)CC2)cc1. The number of oxime groups is 1. The molecule has 0 amide bonds. The molecule has 0 aromatic heterocycles. The van der Waals surface area contributed by atoms with Crippen molar-refractivity contribution in [3.8, 4) is 0 Å². The summed E-state index contributed by atoms with van der Waals surface area (Å²) in [6, 6.07) is 8.64. The zero-order chi connectivity index (χ0) is 13.9. The molecule has 2 rings (SSSR count). The van der Waals surface area contributed by atoms with Crippen LogP contribution in [0.25, 0.3) is 0 Å². The second-order valence-electron chi connectivity index (χ2n) is 5.93. The minimum absolute atomic E-state index is 0.232. The fourth-order valence-corrected chi connectivity index (χ4v) is 2.62. The largest absolute Gasteiger partial charge is 0.409 e. The molecule has 1 fully saturated rings. The van der Waals surface area contributed by atoms with Gasteiger partial charge in [0.1, 0.15) is 5.84 Å². The Morgan fingerprint density at radius 1 is 1.37 bits per heavy atom. The predicted octanol–water partition coefficient (Wildman–Crippen LogP) is 2.34. The lowest BCUT2D eigenvalue weighted by molar-refractivity contribution is 0.256. The Balaban J connectivity index is 1.87. The van der Waals surface area contributed by atoms with Gasteiger partial charge in [0, 0.05) is 19.5 Å². The van der Waals surface area contributed by atoms with Crippen LogP contribution in [0.4, 0.5) is 0 Å². The van der Waals surface area contributed by atoms with Crippen LogP contribution in [0.3, 0.4) is 0 Å². The van der Waals surface area contributed by atoms with Crippen LogP contribution in [0, 0.1) is 12.3 Å². The van der Waals surface area contributed by atoms with E-state index in [9.17, 15) is 0 Å². The molecule has 0 bridgehead atoms. The molecular weight excluding hydrogens is 238 g/mol. The molecule has 4 heteroatoms. The lowest BCUT2D eigenvalue weighted by atomic mass is 10.0. The lowest BCUT2D eigenvalue weighted by Crippen LogP contribution is -2.29. The second-order valence-corrected chi connectivity index (χ2v) is 5.93. The highest BCUT2D eigenvalue weighted by Crippen LogP contribution is 2.49. The highest BCUT2D eigenvalue weighted by Gasteiger charge is 2.43. The molecule has 104 valence electrons. The molecule has 1 aliphatic rings. The Morgan fingerprint density at radius 2 is 2.00 bits per heavy atom. The molecule has 0 saturated heterocycles. The van der Waals surface area contributed by atoms with E-state index >= 15 is 0 Å². The van der Waals surface area contributed by atoms with Crippen molar-refractivity contribution in [3.63, 3.8) is 0 Å². The molecule has 1 aromatic rings. The molecule has 0 heterocycles. The number of nitrogens with two attached hydrogens (primary N) is 1. The summed E-state index contributed by atoms with van der Waals surface area (Å²) in [6.07, 6.45) is 3.03. The first kappa shape index (κ1) is 13.9. The average Bonchev–Trinajstić information content (AvgIpc) is 3.11. The highest BCUT2D eigenvalue weighted by molar-refractivity contribution is 5.80. The third kappa shape index (κ3) is 3.96. The molecule has 0 aliphatic heterocycles. The number of aryl methyl sites for hydroxylation is 1. The third-order valence-electron chi connectivity index (χ3n) is 3.82. The standard InChI is InChI=1S/C15H23N3O/c1-12-3-5-13(6-4-12)10-18(2)11-15(7-8-15)9-14(16)17-19/h3-6,19H,7-11H2,1-2H3,(H2,16,17). The maximum Gasteiger partial charge on any atom is 0.139 e. The number of hydrogen-bond donors (Lipinski definition) is 2. The van der Waals surface area contributed by atoms with Crippen LogP contribution in [-0.4, -0.2) is 29.5 Å². The summed E-state index contributed by atoms with van der Waals surface area (Å²) in [5, 5.41) is 11.8. The first-order chi connectivity index (χ1) is 9.03. The van der Waals surface area contributed by atoms with Crippen LogP contribution in [-0.2, 0) is 6.54 Å². The van der Waals surface area contributed by atoms with Gasteiger partial charge in [0.15, 0.2) is 0 Å². The Kier molecular flexibility index (Phi) is 4.10. The van der Waals surface area contributed by atoms with Crippen LogP contribution in [0.5, 0.6) is 0 Å². The Bertz CT molecular complexity index is 449. The number of benzene rings is 1. The molecule has 1 aliphatic carbocycles. The van der Waals surface area contributed by atoms with E-state index in [0.717, 1.165) is 13.1 Å². The molecule has 0 atom stereocenters. The molecule has 0 spiro atoms. The van der Waals surface area contributed by atoms with E-state index in [4.69, 9.17) is 10.9 Å². The molecule has 1 saturated carbocycles. The normalized spacial score (nSPS) is 17.7. The summed E-state index contributed by atoms with van der Waals surface area (Å²) in [6.45, 7) is 4.04. The molecule has 0 unspecified atom stereocenters. The van der Waals surface area contributed by atoms with Crippen LogP contribution in [0.1, 0.15) is 30.4 Å². The van der Waals surface area contributed by atoms with Crippen LogP contribution in [0.2, 0.25) is 0 Å². The summed E-state index contributed by atoms with van der Waals surface area (Å²) in [5.41, 5.74) is 8.47. The van der Waals surface area contributed by atoms with E-state index in [1.54, 1.807) is 0 Å². The van der Waals surface area contributed by atoms with Crippen LogP contribution in [0.15, 0.2) is 29.4 Å². The number of hydrogen-bond acceptors (Lipinski definition) is 3. The van der Waals surface area contributed by atoms with Crippen molar-refractivity contribution >= 4 is 5.84 Å². The number of nitrogens with zero attached hydrogens (tertiary/aromatic N) is 2. The quantitative estimate of drug-likeness (QED) is 0.357. The monoisotopic (exact) mass is 261 g/mol. The van der Waals surface area contributed by atoms with E-state index in [0.29, 0.717) is 12.3 Å². The van der Waals surface area contributed by atoms with Crippen molar-refractivity contribution in [2.24, 2.45) is 16.3 Å². The maximum atomic E-state index is 8.67. The van der Waals surface area contributed by atoms with Gasteiger partial charge in [-0.05, 0) is 37.8 Å².